The molecule has 0 aliphatic heterocycles. The SMILES string of the molecule is Cc1ccc(NC(=O)CSc2nnnn2C)cc1N. The fraction of sp³-hybridized carbons (Fsp3) is 0.273. The number of aryl methyl sites for hydroxylation is 2. The number of nitrogens with two attached hydrogens (primary N) is 1. The van der Waals surface area contributed by atoms with E-state index in [1.165, 1.54) is 16.4 Å². The predicted octanol–water partition coefficient (Wildman–Crippen LogP) is 0.832. The number of carbonyl (C=O) groups is 1. The molecule has 0 atom stereocenters. The van der Waals surface area contributed by atoms with Crippen molar-refractivity contribution in [2.75, 3.05) is 16.8 Å². The summed E-state index contributed by atoms with van der Waals surface area (Å²) < 4.78 is 1.52. The van der Waals surface area contributed by atoms with Gasteiger partial charge in [-0.3, -0.25) is 4.79 Å². The lowest BCUT2D eigenvalue weighted by Crippen LogP contribution is -2.14. The third-order valence-electron chi connectivity index (χ3n) is 2.48. The van der Waals surface area contributed by atoms with Crippen LogP contribution in [0.1, 0.15) is 5.56 Å². The van der Waals surface area contributed by atoms with Crippen LogP contribution in [-0.2, 0) is 11.8 Å². The molecule has 0 unspecified atom stereocenters. The van der Waals surface area contributed by atoms with Gasteiger partial charge in [-0.2, -0.15) is 0 Å². The molecular formula is C11H14N6OS. The lowest BCUT2D eigenvalue weighted by Gasteiger charge is -2.07. The van der Waals surface area contributed by atoms with Crippen LogP contribution < -0.4 is 11.1 Å². The highest BCUT2D eigenvalue weighted by Crippen LogP contribution is 2.18. The Morgan fingerprint density at radius 3 is 2.95 bits per heavy atom. The van der Waals surface area contributed by atoms with Crippen LogP contribution in [0, 0.1) is 6.92 Å². The molecule has 2 rings (SSSR count). The number of tetrazole rings is 1. The van der Waals surface area contributed by atoms with E-state index in [1.54, 1.807) is 13.1 Å². The van der Waals surface area contributed by atoms with Crippen LogP contribution in [0.4, 0.5) is 11.4 Å². The fourth-order valence-corrected chi connectivity index (χ4v) is 2.04. The number of hydrogen-bond donors (Lipinski definition) is 2. The first-order valence-electron chi connectivity index (χ1n) is 5.57. The van der Waals surface area contributed by atoms with Crippen molar-refractivity contribution in [3.63, 3.8) is 0 Å². The van der Waals surface area contributed by atoms with Crippen LogP contribution in [0.5, 0.6) is 0 Å². The lowest BCUT2D eigenvalue weighted by atomic mass is 10.2. The molecule has 7 nitrogen and oxygen atoms in total. The number of benzene rings is 1. The maximum absolute atomic E-state index is 11.8. The van der Waals surface area contributed by atoms with Gasteiger partial charge in [0.05, 0.1) is 5.75 Å². The molecular weight excluding hydrogens is 264 g/mol. The number of nitrogen functional groups attached to an aromatic ring is 1. The summed E-state index contributed by atoms with van der Waals surface area (Å²) in [5.41, 5.74) is 8.11. The van der Waals surface area contributed by atoms with Crippen LogP contribution in [0.25, 0.3) is 0 Å². The second kappa shape index (κ2) is 5.70. The van der Waals surface area contributed by atoms with Crippen LogP contribution in [0.15, 0.2) is 23.4 Å². The molecule has 100 valence electrons. The van der Waals surface area contributed by atoms with Crippen molar-refractivity contribution >= 4 is 29.0 Å². The van der Waals surface area contributed by atoms with Gasteiger partial charge < -0.3 is 11.1 Å². The van der Waals surface area contributed by atoms with Crippen molar-refractivity contribution < 1.29 is 4.79 Å². The maximum atomic E-state index is 11.8. The van der Waals surface area contributed by atoms with Gasteiger partial charge in [-0.15, -0.1) is 5.10 Å². The van der Waals surface area contributed by atoms with Gasteiger partial charge in [0.2, 0.25) is 11.1 Å². The van der Waals surface area contributed by atoms with Crippen molar-refractivity contribution in [2.45, 2.75) is 12.1 Å². The number of nitrogens with one attached hydrogen (secondary N) is 1. The molecule has 0 aliphatic rings. The van der Waals surface area contributed by atoms with Gasteiger partial charge in [0, 0.05) is 18.4 Å². The third-order valence-corrected chi connectivity index (χ3v) is 3.49. The standard InChI is InChI=1S/C11H14N6OS/c1-7-3-4-8(5-9(7)12)13-10(18)6-19-11-14-15-16-17(11)2/h3-5H,6,12H2,1-2H3,(H,13,18). The van der Waals surface area contributed by atoms with Crippen molar-refractivity contribution in [3.8, 4) is 0 Å². The topological polar surface area (TPSA) is 98.7 Å². The second-order valence-corrected chi connectivity index (χ2v) is 4.94. The minimum atomic E-state index is -0.128. The molecule has 0 spiro atoms. The van der Waals surface area contributed by atoms with E-state index in [-0.39, 0.29) is 11.7 Å². The molecule has 19 heavy (non-hydrogen) atoms. The molecule has 0 bridgehead atoms. The maximum Gasteiger partial charge on any atom is 0.234 e. The minimum absolute atomic E-state index is 0.128. The number of amides is 1. The summed E-state index contributed by atoms with van der Waals surface area (Å²) in [5.74, 6) is 0.110. The lowest BCUT2D eigenvalue weighted by molar-refractivity contribution is -0.113. The Kier molecular flexibility index (Phi) is 4.00. The Morgan fingerprint density at radius 1 is 1.53 bits per heavy atom. The smallest absolute Gasteiger partial charge is 0.234 e. The van der Waals surface area contributed by atoms with Gasteiger partial charge in [0.25, 0.3) is 0 Å². The average Bonchev–Trinajstić information content (AvgIpc) is 2.77. The van der Waals surface area contributed by atoms with Gasteiger partial charge in [-0.1, -0.05) is 17.8 Å². The van der Waals surface area contributed by atoms with E-state index in [1.807, 2.05) is 19.1 Å². The zero-order valence-electron chi connectivity index (χ0n) is 10.6. The molecule has 0 saturated carbocycles. The van der Waals surface area contributed by atoms with E-state index in [0.717, 1.165) is 5.56 Å². The van der Waals surface area contributed by atoms with Crippen LogP contribution in [0.3, 0.4) is 0 Å². The Morgan fingerprint density at radius 2 is 2.32 bits per heavy atom. The highest BCUT2D eigenvalue weighted by Gasteiger charge is 2.08. The first kappa shape index (κ1) is 13.3. The van der Waals surface area contributed by atoms with Crippen LogP contribution in [-0.4, -0.2) is 31.9 Å². The number of hydrogen-bond acceptors (Lipinski definition) is 6. The van der Waals surface area contributed by atoms with E-state index in [9.17, 15) is 4.79 Å². The first-order valence-corrected chi connectivity index (χ1v) is 6.56. The number of carbonyl (C=O) groups excluding carboxylic acids is 1. The van der Waals surface area contributed by atoms with E-state index in [0.29, 0.717) is 16.5 Å². The molecule has 1 aromatic heterocycles. The number of aromatic nitrogens is 4. The van der Waals surface area contributed by atoms with Crippen molar-refractivity contribution in [3.05, 3.63) is 23.8 Å². The Bertz CT molecular complexity index is 597. The Balaban J connectivity index is 1.91. The van der Waals surface area contributed by atoms with Gasteiger partial charge >= 0.3 is 0 Å². The van der Waals surface area contributed by atoms with E-state index >= 15 is 0 Å². The van der Waals surface area contributed by atoms with E-state index < -0.39 is 0 Å². The van der Waals surface area contributed by atoms with Gasteiger partial charge in [0.15, 0.2) is 0 Å². The highest BCUT2D eigenvalue weighted by atomic mass is 32.2. The van der Waals surface area contributed by atoms with Gasteiger partial charge in [0.1, 0.15) is 0 Å². The molecule has 8 heteroatoms. The first-order chi connectivity index (χ1) is 9.06. The second-order valence-electron chi connectivity index (χ2n) is 3.99. The number of anilines is 2. The largest absolute Gasteiger partial charge is 0.398 e. The molecule has 1 heterocycles. The molecule has 3 N–H and O–H groups in total. The fourth-order valence-electron chi connectivity index (χ4n) is 1.39. The minimum Gasteiger partial charge on any atom is -0.398 e. The zero-order valence-corrected chi connectivity index (χ0v) is 11.4. The summed E-state index contributed by atoms with van der Waals surface area (Å²) in [6.07, 6.45) is 0. The molecule has 1 aromatic carbocycles. The highest BCUT2D eigenvalue weighted by molar-refractivity contribution is 7.99. The summed E-state index contributed by atoms with van der Waals surface area (Å²) in [4.78, 5) is 11.8. The quantitative estimate of drug-likeness (QED) is 0.635. The van der Waals surface area contributed by atoms with Crippen molar-refractivity contribution in [1.82, 2.24) is 20.2 Å². The third kappa shape index (κ3) is 3.44. The summed E-state index contributed by atoms with van der Waals surface area (Å²) >= 11 is 1.27. The molecule has 0 aliphatic carbocycles. The average molecular weight is 278 g/mol. The summed E-state index contributed by atoms with van der Waals surface area (Å²) in [6, 6.07) is 5.42. The number of thioether (sulfide) groups is 1. The normalized spacial score (nSPS) is 10.4. The van der Waals surface area contributed by atoms with E-state index in [2.05, 4.69) is 20.8 Å². The van der Waals surface area contributed by atoms with Crippen LogP contribution >= 0.6 is 11.8 Å². The summed E-state index contributed by atoms with van der Waals surface area (Å²) in [5, 5.41) is 14.3. The Labute approximate surface area is 114 Å². The number of rotatable bonds is 4. The van der Waals surface area contributed by atoms with Crippen molar-refractivity contribution in [1.29, 1.82) is 0 Å². The molecule has 2 aromatic rings. The summed E-state index contributed by atoms with van der Waals surface area (Å²) in [6.45, 7) is 1.91. The van der Waals surface area contributed by atoms with E-state index in [4.69, 9.17) is 5.73 Å². The molecule has 1 amide bonds. The molecule has 0 saturated heterocycles. The number of nitrogens with zero attached hydrogens (tertiary/aromatic N) is 4. The van der Waals surface area contributed by atoms with Crippen molar-refractivity contribution in [2.24, 2.45) is 7.05 Å². The van der Waals surface area contributed by atoms with Crippen LogP contribution in [0.2, 0.25) is 0 Å². The van der Waals surface area contributed by atoms with Gasteiger partial charge in [-0.25, -0.2) is 4.68 Å². The Hall–Kier alpha value is -2.09. The molecule has 0 fully saturated rings. The predicted molar refractivity (Wildman–Crippen MR) is 73.7 cm³/mol. The molecule has 0 radical (unpaired) electrons. The summed E-state index contributed by atoms with van der Waals surface area (Å²) in [7, 11) is 1.72. The monoisotopic (exact) mass is 278 g/mol. The zero-order chi connectivity index (χ0) is 13.8. The van der Waals surface area contributed by atoms with Gasteiger partial charge in [-0.05, 0) is 35.0 Å².